The lowest BCUT2D eigenvalue weighted by Gasteiger charge is -2.41. The van der Waals surface area contributed by atoms with Crippen LogP contribution in [0.4, 0.5) is 23.4 Å². The first-order chi connectivity index (χ1) is 17.6. The highest BCUT2D eigenvalue weighted by Crippen LogP contribution is 2.46. The Morgan fingerprint density at radius 1 is 1.16 bits per heavy atom. The van der Waals surface area contributed by atoms with Crippen molar-refractivity contribution in [2.45, 2.75) is 30.8 Å². The molecule has 0 aliphatic carbocycles. The van der Waals surface area contributed by atoms with E-state index in [0.717, 1.165) is 12.1 Å². The van der Waals surface area contributed by atoms with Crippen LogP contribution >= 0.6 is 23.4 Å². The third-order valence-corrected chi connectivity index (χ3v) is 7.83. The fraction of sp³-hybridized carbons (Fsp3) is 0.320. The second-order valence-corrected chi connectivity index (χ2v) is 10.4. The molecule has 2 aliphatic heterocycles. The summed E-state index contributed by atoms with van der Waals surface area (Å²) in [6.07, 6.45) is -1.29. The van der Waals surface area contributed by atoms with Crippen molar-refractivity contribution in [3.8, 4) is 11.1 Å². The highest BCUT2D eigenvalue weighted by atomic mass is 35.5. The SMILES string of the molecule is C[C@H]1CN(C(=O)/C=C/C(F)F)CCN1c1nc(=O)n2c3c(c(-c4cc(F)cc(F)c4)c(Cl)cc13)SCC2. The summed E-state index contributed by atoms with van der Waals surface area (Å²) in [4.78, 5) is 33.8. The minimum absolute atomic E-state index is 0.245. The largest absolute Gasteiger partial charge is 0.350 e. The maximum atomic E-state index is 14.0. The second-order valence-electron chi connectivity index (χ2n) is 8.86. The summed E-state index contributed by atoms with van der Waals surface area (Å²) >= 11 is 8.15. The number of aryl methyl sites for hydroxylation is 1. The predicted molar refractivity (Wildman–Crippen MR) is 136 cm³/mol. The van der Waals surface area contributed by atoms with Crippen molar-refractivity contribution in [2.75, 3.05) is 30.3 Å². The van der Waals surface area contributed by atoms with Gasteiger partial charge in [0.2, 0.25) is 5.91 Å². The molecule has 2 aromatic carbocycles. The van der Waals surface area contributed by atoms with E-state index in [-0.39, 0.29) is 29.7 Å². The molecule has 1 amide bonds. The Labute approximate surface area is 218 Å². The molecule has 0 unspecified atom stereocenters. The minimum Gasteiger partial charge on any atom is -0.350 e. The van der Waals surface area contributed by atoms with E-state index in [9.17, 15) is 27.2 Å². The number of benzene rings is 2. The van der Waals surface area contributed by atoms with E-state index < -0.39 is 29.7 Å². The molecule has 0 spiro atoms. The molecule has 37 heavy (non-hydrogen) atoms. The number of anilines is 1. The predicted octanol–water partition coefficient (Wildman–Crippen LogP) is 4.96. The quantitative estimate of drug-likeness (QED) is 0.338. The molecule has 0 bridgehead atoms. The van der Waals surface area contributed by atoms with Crippen LogP contribution in [0.5, 0.6) is 0 Å². The van der Waals surface area contributed by atoms with Crippen molar-refractivity contribution >= 4 is 46.0 Å². The van der Waals surface area contributed by atoms with Gasteiger partial charge in [-0.25, -0.2) is 22.4 Å². The van der Waals surface area contributed by atoms with Crippen LogP contribution in [0.1, 0.15) is 6.92 Å². The van der Waals surface area contributed by atoms with Crippen LogP contribution in [0, 0.1) is 11.6 Å². The number of alkyl halides is 2. The third-order valence-electron chi connectivity index (χ3n) is 6.46. The first kappa shape index (κ1) is 25.6. The Balaban J connectivity index is 1.60. The standard InChI is InChI=1S/C25H21ClF4N4O2S/c1-13-12-32(20(35)3-2-19(29)30)4-5-33(13)24-17-11-18(26)21(14-8-15(27)10-16(28)9-14)23-22(17)34(6-7-37-23)25(36)31-24/h2-3,8-11,13,19H,4-7,12H2,1H3/b3-2+/t13-/m0/s1. The zero-order chi connectivity index (χ0) is 26.4. The smallest absolute Gasteiger partial charge is 0.350 e. The van der Waals surface area contributed by atoms with Crippen LogP contribution in [-0.2, 0) is 11.3 Å². The van der Waals surface area contributed by atoms with Crippen LogP contribution in [0.2, 0.25) is 5.02 Å². The lowest BCUT2D eigenvalue weighted by atomic mass is 10.0. The van der Waals surface area contributed by atoms with Gasteiger partial charge in [0.1, 0.15) is 17.5 Å². The number of hydrogen-bond acceptors (Lipinski definition) is 5. The summed E-state index contributed by atoms with van der Waals surface area (Å²) in [5.41, 5.74) is 0.828. The van der Waals surface area contributed by atoms with E-state index in [2.05, 4.69) is 4.98 Å². The highest BCUT2D eigenvalue weighted by molar-refractivity contribution is 7.99. The molecule has 3 heterocycles. The van der Waals surface area contributed by atoms with Crippen molar-refractivity contribution in [2.24, 2.45) is 0 Å². The lowest BCUT2D eigenvalue weighted by molar-refractivity contribution is -0.126. The molecule has 2 aliphatic rings. The van der Waals surface area contributed by atoms with Gasteiger partial charge < -0.3 is 9.80 Å². The Bertz CT molecular complexity index is 1480. The highest BCUT2D eigenvalue weighted by Gasteiger charge is 2.31. The number of halogens is 5. The van der Waals surface area contributed by atoms with Crippen LogP contribution in [0.15, 0.2) is 46.1 Å². The van der Waals surface area contributed by atoms with E-state index in [1.807, 2.05) is 11.8 Å². The van der Waals surface area contributed by atoms with Crippen LogP contribution in [0.3, 0.4) is 0 Å². The van der Waals surface area contributed by atoms with Gasteiger partial charge >= 0.3 is 5.69 Å². The number of amides is 1. The van der Waals surface area contributed by atoms with Gasteiger partial charge in [-0.05, 0) is 36.8 Å². The van der Waals surface area contributed by atoms with Gasteiger partial charge in [-0.15, -0.1) is 11.8 Å². The van der Waals surface area contributed by atoms with Gasteiger partial charge in [0.05, 0.1) is 10.5 Å². The van der Waals surface area contributed by atoms with Gasteiger partial charge in [0.25, 0.3) is 6.43 Å². The number of allylic oxidation sites excluding steroid dienone is 1. The van der Waals surface area contributed by atoms with Crippen molar-refractivity contribution in [3.63, 3.8) is 0 Å². The average molecular weight is 553 g/mol. The molecule has 0 radical (unpaired) electrons. The van der Waals surface area contributed by atoms with E-state index in [0.29, 0.717) is 52.1 Å². The zero-order valence-corrected chi connectivity index (χ0v) is 21.1. The van der Waals surface area contributed by atoms with E-state index in [1.54, 1.807) is 10.6 Å². The van der Waals surface area contributed by atoms with Crippen molar-refractivity contribution in [1.29, 1.82) is 0 Å². The summed E-state index contributed by atoms with van der Waals surface area (Å²) in [7, 11) is 0. The fourth-order valence-corrected chi connectivity index (χ4v) is 6.44. The van der Waals surface area contributed by atoms with Crippen LogP contribution < -0.4 is 10.6 Å². The van der Waals surface area contributed by atoms with Gasteiger partial charge in [-0.1, -0.05) is 11.6 Å². The molecular formula is C25H21ClF4N4O2S. The maximum Gasteiger partial charge on any atom is 0.350 e. The monoisotopic (exact) mass is 552 g/mol. The number of carbonyl (C=O) groups is 1. The molecule has 12 heteroatoms. The summed E-state index contributed by atoms with van der Waals surface area (Å²) in [6.45, 7) is 3.07. The molecule has 1 saturated heterocycles. The molecule has 1 fully saturated rings. The molecule has 3 aromatic rings. The second kappa shape index (κ2) is 10.0. The number of aromatic nitrogens is 2. The number of nitrogens with zero attached hydrogens (tertiary/aromatic N) is 4. The molecular weight excluding hydrogens is 532 g/mol. The van der Waals surface area contributed by atoms with Crippen molar-refractivity contribution < 1.29 is 22.4 Å². The number of hydrogen-bond donors (Lipinski definition) is 0. The molecule has 6 nitrogen and oxygen atoms in total. The van der Waals surface area contributed by atoms with E-state index >= 15 is 0 Å². The third kappa shape index (κ3) is 4.82. The number of thioether (sulfide) groups is 1. The molecule has 5 rings (SSSR count). The number of piperazine rings is 1. The maximum absolute atomic E-state index is 14.0. The lowest BCUT2D eigenvalue weighted by Crippen LogP contribution is -2.54. The number of carbonyl (C=O) groups excluding carboxylic acids is 1. The van der Waals surface area contributed by atoms with Crippen LogP contribution in [0.25, 0.3) is 22.0 Å². The first-order valence-electron chi connectivity index (χ1n) is 11.5. The zero-order valence-electron chi connectivity index (χ0n) is 19.6. The molecule has 1 atom stereocenters. The summed E-state index contributed by atoms with van der Waals surface area (Å²) in [5.74, 6) is -1.05. The topological polar surface area (TPSA) is 58.4 Å². The molecule has 0 saturated carbocycles. The van der Waals surface area contributed by atoms with E-state index in [4.69, 9.17) is 11.6 Å². The summed E-state index contributed by atoms with van der Waals surface area (Å²) in [5, 5.41) is 0.866. The normalized spacial score (nSPS) is 17.9. The van der Waals surface area contributed by atoms with Gasteiger partial charge in [-0.2, -0.15) is 4.98 Å². The number of rotatable bonds is 4. The summed E-state index contributed by atoms with van der Waals surface area (Å²) in [6, 6.07) is 4.56. The van der Waals surface area contributed by atoms with Crippen LogP contribution in [-0.4, -0.2) is 58.2 Å². The molecule has 0 N–H and O–H groups in total. The Morgan fingerprint density at radius 3 is 2.57 bits per heavy atom. The van der Waals surface area contributed by atoms with E-state index in [1.165, 1.54) is 28.8 Å². The average Bonchev–Trinajstić information content (AvgIpc) is 2.84. The Morgan fingerprint density at radius 2 is 1.89 bits per heavy atom. The minimum atomic E-state index is -2.71. The fourth-order valence-electron chi connectivity index (χ4n) is 4.87. The first-order valence-corrected chi connectivity index (χ1v) is 12.9. The van der Waals surface area contributed by atoms with Gasteiger partial charge in [-0.3, -0.25) is 9.36 Å². The van der Waals surface area contributed by atoms with Crippen molar-refractivity contribution in [3.05, 3.63) is 63.6 Å². The van der Waals surface area contributed by atoms with Gasteiger partial charge in [0, 0.05) is 66.0 Å². The van der Waals surface area contributed by atoms with Crippen molar-refractivity contribution in [1.82, 2.24) is 14.5 Å². The molecule has 194 valence electrons. The molecule has 1 aromatic heterocycles. The van der Waals surface area contributed by atoms with Gasteiger partial charge in [0.15, 0.2) is 0 Å². The Kier molecular flexibility index (Phi) is 6.93. The Hall–Kier alpha value is -3.05. The summed E-state index contributed by atoms with van der Waals surface area (Å²) < 4.78 is 54.6.